The van der Waals surface area contributed by atoms with Gasteiger partial charge in [0.2, 0.25) is 5.90 Å². The largest absolute Gasteiger partial charge is 0.481 e. The van der Waals surface area contributed by atoms with Crippen LogP contribution in [-0.4, -0.2) is 29.1 Å². The maximum absolute atomic E-state index is 11.1. The molecule has 19 heavy (non-hydrogen) atoms. The molecule has 1 saturated carbocycles. The molecule has 3 atom stereocenters. The summed E-state index contributed by atoms with van der Waals surface area (Å²) in [6.07, 6.45) is 2.12. The van der Waals surface area contributed by atoms with Crippen molar-refractivity contribution < 1.29 is 14.6 Å². The normalized spacial score (nSPS) is 29.3. The number of fused-ring (bicyclic) bond motifs is 1. The fraction of sp³-hybridized carbons (Fsp3) is 0.467. The predicted octanol–water partition coefficient (Wildman–Crippen LogP) is 2.39. The lowest BCUT2D eigenvalue weighted by Gasteiger charge is -2.26. The van der Waals surface area contributed by atoms with E-state index in [-0.39, 0.29) is 18.1 Å². The number of carbonyl (C=O) groups is 1. The number of aliphatic imine (C=N–C) groups is 1. The molecule has 0 radical (unpaired) electrons. The van der Waals surface area contributed by atoms with Gasteiger partial charge in [0.1, 0.15) is 6.10 Å². The summed E-state index contributed by atoms with van der Waals surface area (Å²) >= 11 is 0. The number of carboxylic acid groups (broad SMARTS) is 1. The summed E-state index contributed by atoms with van der Waals surface area (Å²) in [4.78, 5) is 15.7. The van der Waals surface area contributed by atoms with Crippen molar-refractivity contribution in [2.24, 2.45) is 10.9 Å². The van der Waals surface area contributed by atoms with Crippen LogP contribution in [0.4, 0.5) is 0 Å². The Hall–Kier alpha value is -1.84. The first-order valence-corrected chi connectivity index (χ1v) is 6.68. The van der Waals surface area contributed by atoms with Crippen molar-refractivity contribution in [3.05, 3.63) is 35.4 Å². The van der Waals surface area contributed by atoms with Crippen LogP contribution in [-0.2, 0) is 9.53 Å². The zero-order valence-corrected chi connectivity index (χ0v) is 10.9. The van der Waals surface area contributed by atoms with Gasteiger partial charge in [-0.3, -0.25) is 4.79 Å². The summed E-state index contributed by atoms with van der Waals surface area (Å²) in [5.41, 5.74) is 2.15. The second-order valence-electron chi connectivity index (χ2n) is 5.32. The van der Waals surface area contributed by atoms with Crippen LogP contribution in [0.5, 0.6) is 0 Å². The van der Waals surface area contributed by atoms with Gasteiger partial charge < -0.3 is 9.84 Å². The molecule has 1 aliphatic carbocycles. The van der Waals surface area contributed by atoms with Crippen molar-refractivity contribution in [2.75, 3.05) is 0 Å². The minimum Gasteiger partial charge on any atom is -0.481 e. The monoisotopic (exact) mass is 259 g/mol. The molecule has 1 aliphatic heterocycles. The first-order valence-electron chi connectivity index (χ1n) is 6.68. The Morgan fingerprint density at radius 2 is 2.16 bits per heavy atom. The molecule has 1 heterocycles. The van der Waals surface area contributed by atoms with Gasteiger partial charge >= 0.3 is 5.97 Å². The Labute approximate surface area is 112 Å². The molecule has 0 aromatic heterocycles. The van der Waals surface area contributed by atoms with E-state index in [2.05, 4.69) is 4.99 Å². The van der Waals surface area contributed by atoms with Gasteiger partial charge in [0.15, 0.2) is 0 Å². The van der Waals surface area contributed by atoms with Crippen molar-refractivity contribution in [1.82, 2.24) is 0 Å². The molecule has 3 unspecified atom stereocenters. The highest BCUT2D eigenvalue weighted by atomic mass is 16.5. The smallest absolute Gasteiger partial charge is 0.306 e. The molecule has 4 heteroatoms. The Balaban J connectivity index is 1.82. The van der Waals surface area contributed by atoms with E-state index < -0.39 is 5.97 Å². The van der Waals surface area contributed by atoms with Crippen molar-refractivity contribution in [2.45, 2.75) is 38.3 Å². The highest BCUT2D eigenvalue weighted by Crippen LogP contribution is 2.34. The number of rotatable bonds is 2. The first kappa shape index (κ1) is 12.2. The quantitative estimate of drug-likeness (QED) is 0.887. The second-order valence-corrected chi connectivity index (χ2v) is 5.32. The molecule has 1 N–H and O–H groups in total. The molecule has 1 fully saturated rings. The Morgan fingerprint density at radius 3 is 2.89 bits per heavy atom. The van der Waals surface area contributed by atoms with E-state index in [1.54, 1.807) is 0 Å². The predicted molar refractivity (Wildman–Crippen MR) is 71.4 cm³/mol. The molecule has 0 amide bonds. The maximum Gasteiger partial charge on any atom is 0.306 e. The highest BCUT2D eigenvalue weighted by molar-refractivity contribution is 5.96. The third-order valence-corrected chi connectivity index (χ3v) is 4.03. The van der Waals surface area contributed by atoms with E-state index in [1.165, 1.54) is 0 Å². The number of aliphatic carboxylic acids is 1. The molecule has 2 aliphatic rings. The Kier molecular flexibility index (Phi) is 3.01. The van der Waals surface area contributed by atoms with Crippen LogP contribution in [0, 0.1) is 12.8 Å². The number of hydrogen-bond acceptors (Lipinski definition) is 3. The maximum atomic E-state index is 11.1. The highest BCUT2D eigenvalue weighted by Gasteiger charge is 2.39. The van der Waals surface area contributed by atoms with Gasteiger partial charge in [-0.25, -0.2) is 4.99 Å². The molecule has 0 spiro atoms. The van der Waals surface area contributed by atoms with Gasteiger partial charge in [-0.1, -0.05) is 18.2 Å². The summed E-state index contributed by atoms with van der Waals surface area (Å²) in [6.45, 7) is 2.03. The fourth-order valence-corrected chi connectivity index (χ4v) is 2.89. The number of carboxylic acids is 1. The summed E-state index contributed by atoms with van der Waals surface area (Å²) in [7, 11) is 0. The zero-order chi connectivity index (χ0) is 13.4. The van der Waals surface area contributed by atoms with Crippen molar-refractivity contribution in [3.8, 4) is 0 Å². The Bertz CT molecular complexity index is 538. The molecular formula is C15H17NO3. The molecule has 0 saturated heterocycles. The van der Waals surface area contributed by atoms with E-state index >= 15 is 0 Å². The SMILES string of the molecule is Cc1ccccc1C1=NC2CC(C(=O)O)CCC2O1. The number of aryl methyl sites for hydroxylation is 1. The van der Waals surface area contributed by atoms with Gasteiger partial charge in [0.05, 0.1) is 12.0 Å². The third kappa shape index (κ3) is 2.23. The van der Waals surface area contributed by atoms with Crippen molar-refractivity contribution in [1.29, 1.82) is 0 Å². The minimum atomic E-state index is -0.710. The molecule has 4 nitrogen and oxygen atoms in total. The van der Waals surface area contributed by atoms with Crippen LogP contribution in [0.3, 0.4) is 0 Å². The zero-order valence-electron chi connectivity index (χ0n) is 10.9. The summed E-state index contributed by atoms with van der Waals surface area (Å²) < 4.78 is 5.92. The number of nitrogens with zero attached hydrogens (tertiary/aromatic N) is 1. The van der Waals surface area contributed by atoms with E-state index in [0.29, 0.717) is 18.7 Å². The van der Waals surface area contributed by atoms with Crippen LogP contribution in [0.15, 0.2) is 29.3 Å². The molecular weight excluding hydrogens is 242 g/mol. The molecule has 100 valence electrons. The lowest BCUT2D eigenvalue weighted by molar-refractivity contribution is -0.143. The average Bonchev–Trinajstić information content (AvgIpc) is 2.81. The summed E-state index contributed by atoms with van der Waals surface area (Å²) in [6, 6.07) is 7.99. The van der Waals surface area contributed by atoms with Crippen LogP contribution in [0.2, 0.25) is 0 Å². The standard InChI is InChI=1S/C15H17NO3/c1-9-4-2-3-5-11(9)14-16-12-8-10(15(17)18)6-7-13(12)19-14/h2-5,10,12-13H,6-8H2,1H3,(H,17,18). The van der Waals surface area contributed by atoms with E-state index in [4.69, 9.17) is 9.84 Å². The van der Waals surface area contributed by atoms with Crippen LogP contribution in [0.1, 0.15) is 30.4 Å². The second kappa shape index (κ2) is 4.68. The Morgan fingerprint density at radius 1 is 1.37 bits per heavy atom. The summed E-state index contributed by atoms with van der Waals surface area (Å²) in [5, 5.41) is 9.10. The van der Waals surface area contributed by atoms with E-state index in [0.717, 1.165) is 17.5 Å². The molecule has 3 rings (SSSR count). The number of benzene rings is 1. The van der Waals surface area contributed by atoms with Gasteiger partial charge in [0, 0.05) is 5.56 Å². The van der Waals surface area contributed by atoms with E-state index in [9.17, 15) is 4.79 Å². The fourth-order valence-electron chi connectivity index (χ4n) is 2.89. The van der Waals surface area contributed by atoms with Gasteiger partial charge in [-0.05, 0) is 37.8 Å². The lowest BCUT2D eigenvalue weighted by atomic mass is 9.84. The van der Waals surface area contributed by atoms with Gasteiger partial charge in [-0.15, -0.1) is 0 Å². The minimum absolute atomic E-state index is 0.00413. The molecule has 1 aromatic carbocycles. The average molecular weight is 259 g/mol. The first-order chi connectivity index (χ1) is 9.15. The topological polar surface area (TPSA) is 58.9 Å². The number of ether oxygens (including phenoxy) is 1. The van der Waals surface area contributed by atoms with Gasteiger partial charge in [-0.2, -0.15) is 0 Å². The van der Waals surface area contributed by atoms with Crippen LogP contribution in [0.25, 0.3) is 0 Å². The van der Waals surface area contributed by atoms with Crippen molar-refractivity contribution >= 4 is 11.9 Å². The lowest BCUT2D eigenvalue weighted by Crippen LogP contribution is -2.33. The number of hydrogen-bond donors (Lipinski definition) is 1. The van der Waals surface area contributed by atoms with Crippen LogP contribution >= 0.6 is 0 Å². The third-order valence-electron chi connectivity index (χ3n) is 4.03. The van der Waals surface area contributed by atoms with Crippen molar-refractivity contribution in [3.63, 3.8) is 0 Å². The van der Waals surface area contributed by atoms with E-state index in [1.807, 2.05) is 31.2 Å². The molecule has 0 bridgehead atoms. The summed E-state index contributed by atoms with van der Waals surface area (Å²) in [5.74, 6) is -0.304. The van der Waals surface area contributed by atoms with Gasteiger partial charge in [0.25, 0.3) is 0 Å². The molecule has 1 aromatic rings. The van der Waals surface area contributed by atoms with Crippen LogP contribution < -0.4 is 0 Å².